The summed E-state index contributed by atoms with van der Waals surface area (Å²) in [6, 6.07) is 11.7. The standard InChI is InChI=1S/C13H9ClINO2/c14-8-4-6-9(7-5-8)16-13(18)10-2-1-3-11(17)12(10)15/h1-7,17H,(H,16,18). The molecule has 2 N–H and O–H groups in total. The van der Waals surface area contributed by atoms with Gasteiger partial charge in [0.05, 0.1) is 9.13 Å². The Morgan fingerprint density at radius 2 is 1.83 bits per heavy atom. The quantitative estimate of drug-likeness (QED) is 0.784. The van der Waals surface area contributed by atoms with E-state index in [1.165, 1.54) is 0 Å². The first-order chi connectivity index (χ1) is 8.58. The summed E-state index contributed by atoms with van der Waals surface area (Å²) in [7, 11) is 0. The van der Waals surface area contributed by atoms with Crippen molar-refractivity contribution in [2.24, 2.45) is 0 Å². The second kappa shape index (κ2) is 5.58. The van der Waals surface area contributed by atoms with Crippen molar-refractivity contribution in [2.75, 3.05) is 5.32 Å². The molecular weight excluding hydrogens is 365 g/mol. The maximum absolute atomic E-state index is 12.0. The number of nitrogens with one attached hydrogen (secondary N) is 1. The average molecular weight is 374 g/mol. The number of anilines is 1. The number of halogens is 2. The lowest BCUT2D eigenvalue weighted by Crippen LogP contribution is -2.13. The number of aromatic hydroxyl groups is 1. The Morgan fingerprint density at radius 1 is 1.17 bits per heavy atom. The maximum Gasteiger partial charge on any atom is 0.256 e. The number of carbonyl (C=O) groups excluding carboxylic acids is 1. The molecular formula is C13H9ClINO2. The molecule has 0 bridgehead atoms. The molecule has 0 heterocycles. The van der Waals surface area contributed by atoms with E-state index < -0.39 is 0 Å². The lowest BCUT2D eigenvalue weighted by Gasteiger charge is -2.07. The Kier molecular flexibility index (Phi) is 4.08. The summed E-state index contributed by atoms with van der Waals surface area (Å²) in [6.45, 7) is 0. The molecule has 2 rings (SSSR count). The fourth-order valence-corrected chi connectivity index (χ4v) is 2.16. The minimum Gasteiger partial charge on any atom is -0.507 e. The highest BCUT2D eigenvalue weighted by Crippen LogP contribution is 2.24. The second-order valence-corrected chi connectivity index (χ2v) is 5.11. The molecule has 0 saturated heterocycles. The zero-order valence-electron chi connectivity index (χ0n) is 9.15. The number of phenols is 1. The van der Waals surface area contributed by atoms with Crippen LogP contribution in [0.1, 0.15) is 10.4 Å². The van der Waals surface area contributed by atoms with E-state index in [4.69, 9.17) is 11.6 Å². The van der Waals surface area contributed by atoms with Gasteiger partial charge in [-0.2, -0.15) is 0 Å². The molecule has 0 spiro atoms. The third kappa shape index (κ3) is 2.94. The second-order valence-electron chi connectivity index (χ2n) is 3.60. The summed E-state index contributed by atoms with van der Waals surface area (Å²) in [5, 5.41) is 12.9. The Labute approximate surface area is 123 Å². The third-order valence-corrected chi connectivity index (χ3v) is 3.71. The molecule has 0 radical (unpaired) electrons. The normalized spacial score (nSPS) is 10.1. The summed E-state index contributed by atoms with van der Waals surface area (Å²) in [4.78, 5) is 12.0. The summed E-state index contributed by atoms with van der Waals surface area (Å²) in [5.41, 5.74) is 1.09. The van der Waals surface area contributed by atoms with Crippen molar-refractivity contribution in [3.63, 3.8) is 0 Å². The van der Waals surface area contributed by atoms with Crippen molar-refractivity contribution in [1.29, 1.82) is 0 Å². The molecule has 0 aliphatic rings. The highest BCUT2D eigenvalue weighted by Gasteiger charge is 2.12. The number of benzene rings is 2. The summed E-state index contributed by atoms with van der Waals surface area (Å²) in [6.07, 6.45) is 0. The molecule has 3 nitrogen and oxygen atoms in total. The molecule has 18 heavy (non-hydrogen) atoms. The van der Waals surface area contributed by atoms with Crippen molar-refractivity contribution in [1.82, 2.24) is 0 Å². The first-order valence-corrected chi connectivity index (χ1v) is 6.58. The average Bonchev–Trinajstić information content (AvgIpc) is 2.35. The molecule has 2 aromatic carbocycles. The molecule has 0 aliphatic carbocycles. The third-order valence-electron chi connectivity index (χ3n) is 2.33. The molecule has 0 saturated carbocycles. The van der Waals surface area contributed by atoms with Gasteiger partial charge in [-0.15, -0.1) is 0 Å². The highest BCUT2D eigenvalue weighted by atomic mass is 127. The van der Waals surface area contributed by atoms with E-state index in [1.807, 2.05) is 22.6 Å². The fraction of sp³-hybridized carbons (Fsp3) is 0. The van der Waals surface area contributed by atoms with Gasteiger partial charge >= 0.3 is 0 Å². The van der Waals surface area contributed by atoms with E-state index in [1.54, 1.807) is 42.5 Å². The van der Waals surface area contributed by atoms with Gasteiger partial charge in [-0.05, 0) is 59.0 Å². The van der Waals surface area contributed by atoms with Gasteiger partial charge in [-0.3, -0.25) is 4.79 Å². The van der Waals surface area contributed by atoms with Crippen LogP contribution >= 0.6 is 34.2 Å². The van der Waals surface area contributed by atoms with Gasteiger partial charge in [0.15, 0.2) is 0 Å². The topological polar surface area (TPSA) is 49.3 Å². The zero-order chi connectivity index (χ0) is 13.1. The molecule has 0 fully saturated rings. The lowest BCUT2D eigenvalue weighted by atomic mass is 10.2. The van der Waals surface area contributed by atoms with E-state index in [2.05, 4.69) is 5.32 Å². The van der Waals surface area contributed by atoms with Crippen LogP contribution in [0.3, 0.4) is 0 Å². The first kappa shape index (κ1) is 13.2. The van der Waals surface area contributed by atoms with Gasteiger partial charge in [-0.1, -0.05) is 17.7 Å². The predicted molar refractivity (Wildman–Crippen MR) is 80.2 cm³/mol. The summed E-state index contributed by atoms with van der Waals surface area (Å²) < 4.78 is 0.529. The van der Waals surface area contributed by atoms with Crippen molar-refractivity contribution in [2.45, 2.75) is 0 Å². The van der Waals surface area contributed by atoms with Crippen molar-refractivity contribution < 1.29 is 9.90 Å². The van der Waals surface area contributed by atoms with Crippen LogP contribution in [0.25, 0.3) is 0 Å². The largest absolute Gasteiger partial charge is 0.507 e. The van der Waals surface area contributed by atoms with Crippen LogP contribution in [0, 0.1) is 3.57 Å². The van der Waals surface area contributed by atoms with E-state index in [-0.39, 0.29) is 11.7 Å². The molecule has 5 heteroatoms. The first-order valence-electron chi connectivity index (χ1n) is 5.12. The Hall–Kier alpha value is -1.27. The van der Waals surface area contributed by atoms with E-state index in [0.29, 0.717) is 19.8 Å². The van der Waals surface area contributed by atoms with Crippen LogP contribution in [0.5, 0.6) is 5.75 Å². The molecule has 0 aliphatic heterocycles. The highest BCUT2D eigenvalue weighted by molar-refractivity contribution is 14.1. The number of phenolic OH excluding ortho intramolecular Hbond substituents is 1. The van der Waals surface area contributed by atoms with Crippen LogP contribution in [0.15, 0.2) is 42.5 Å². The van der Waals surface area contributed by atoms with Crippen LogP contribution in [-0.4, -0.2) is 11.0 Å². The van der Waals surface area contributed by atoms with Gasteiger partial charge in [0, 0.05) is 10.7 Å². The number of carbonyl (C=O) groups is 1. The fourth-order valence-electron chi connectivity index (χ4n) is 1.43. The number of amides is 1. The maximum atomic E-state index is 12.0. The monoisotopic (exact) mass is 373 g/mol. The molecule has 92 valence electrons. The van der Waals surface area contributed by atoms with Crippen LogP contribution in [0.4, 0.5) is 5.69 Å². The summed E-state index contributed by atoms with van der Waals surface area (Å²) in [5.74, 6) is -0.169. The van der Waals surface area contributed by atoms with Gasteiger partial charge in [0.25, 0.3) is 5.91 Å². The van der Waals surface area contributed by atoms with Gasteiger partial charge in [0.1, 0.15) is 5.75 Å². The van der Waals surface area contributed by atoms with E-state index in [9.17, 15) is 9.90 Å². The Balaban J connectivity index is 2.22. The molecule has 0 aromatic heterocycles. The van der Waals surface area contributed by atoms with Crippen molar-refractivity contribution in [3.05, 3.63) is 56.6 Å². The zero-order valence-corrected chi connectivity index (χ0v) is 12.1. The SMILES string of the molecule is O=C(Nc1ccc(Cl)cc1)c1cccc(O)c1I. The van der Waals surface area contributed by atoms with Crippen molar-refractivity contribution >= 4 is 45.8 Å². The smallest absolute Gasteiger partial charge is 0.256 e. The van der Waals surface area contributed by atoms with Gasteiger partial charge in [-0.25, -0.2) is 0 Å². The van der Waals surface area contributed by atoms with E-state index >= 15 is 0 Å². The minimum absolute atomic E-state index is 0.0966. The number of hydrogen-bond donors (Lipinski definition) is 2. The Morgan fingerprint density at radius 3 is 2.50 bits per heavy atom. The molecule has 2 aromatic rings. The van der Waals surface area contributed by atoms with E-state index in [0.717, 1.165) is 0 Å². The van der Waals surface area contributed by atoms with Gasteiger partial charge in [0.2, 0.25) is 0 Å². The van der Waals surface area contributed by atoms with Crippen LogP contribution < -0.4 is 5.32 Å². The predicted octanol–water partition coefficient (Wildman–Crippen LogP) is 3.90. The lowest BCUT2D eigenvalue weighted by molar-refractivity contribution is 0.102. The van der Waals surface area contributed by atoms with Crippen LogP contribution in [-0.2, 0) is 0 Å². The van der Waals surface area contributed by atoms with Crippen LogP contribution in [0.2, 0.25) is 5.02 Å². The van der Waals surface area contributed by atoms with Gasteiger partial charge < -0.3 is 10.4 Å². The molecule has 0 unspecified atom stereocenters. The minimum atomic E-state index is -0.266. The van der Waals surface area contributed by atoms with Crippen molar-refractivity contribution in [3.8, 4) is 5.75 Å². The number of hydrogen-bond acceptors (Lipinski definition) is 2. The number of rotatable bonds is 2. The molecule has 0 atom stereocenters. The Bertz CT molecular complexity index is 584. The summed E-state index contributed by atoms with van der Waals surface area (Å²) >= 11 is 7.70. The molecule has 1 amide bonds.